The normalized spacial score (nSPS) is 12.3. The molecule has 0 radical (unpaired) electrons. The standard InChI is InChI=1S/C26H27F2NO6/c1-26(2,3)35-25(32)29-19(15-16-5-7-18(8-6-16)23(31)33-4)11-14-21(29)22(30)17-9-12-20(13-10-17)34-24(27)28/h5-14,22,24,30H,15H2,1-4H3. The molecule has 0 spiro atoms. The lowest BCUT2D eigenvalue weighted by molar-refractivity contribution is -0.0498. The molecule has 0 aliphatic carbocycles. The number of aliphatic hydroxyl groups is 1. The van der Waals surface area contributed by atoms with Gasteiger partial charge in [0.25, 0.3) is 0 Å². The van der Waals surface area contributed by atoms with Crippen LogP contribution in [0.1, 0.15) is 59.7 Å². The van der Waals surface area contributed by atoms with E-state index >= 15 is 0 Å². The molecule has 3 aromatic rings. The van der Waals surface area contributed by atoms with Crippen LogP contribution < -0.4 is 4.74 Å². The van der Waals surface area contributed by atoms with Crippen LogP contribution in [0.5, 0.6) is 5.75 Å². The molecule has 0 saturated carbocycles. The van der Waals surface area contributed by atoms with E-state index in [-0.39, 0.29) is 11.4 Å². The van der Waals surface area contributed by atoms with Gasteiger partial charge in [0, 0.05) is 12.1 Å². The molecule has 1 atom stereocenters. The third-order valence-corrected chi connectivity index (χ3v) is 5.03. The van der Waals surface area contributed by atoms with Crippen LogP contribution in [0, 0.1) is 0 Å². The maximum atomic E-state index is 13.1. The van der Waals surface area contributed by atoms with Gasteiger partial charge in [-0.15, -0.1) is 0 Å². The number of halogens is 2. The maximum absolute atomic E-state index is 13.1. The Morgan fingerprint density at radius 1 is 0.971 bits per heavy atom. The van der Waals surface area contributed by atoms with Crippen molar-refractivity contribution >= 4 is 12.1 Å². The summed E-state index contributed by atoms with van der Waals surface area (Å²) in [5, 5.41) is 11.0. The highest BCUT2D eigenvalue weighted by Gasteiger charge is 2.26. The van der Waals surface area contributed by atoms with Crippen molar-refractivity contribution in [1.29, 1.82) is 0 Å². The van der Waals surface area contributed by atoms with Gasteiger partial charge in [-0.1, -0.05) is 24.3 Å². The van der Waals surface area contributed by atoms with Gasteiger partial charge in [-0.05, 0) is 68.3 Å². The van der Waals surface area contributed by atoms with Crippen LogP contribution >= 0.6 is 0 Å². The van der Waals surface area contributed by atoms with Crippen LogP contribution in [-0.2, 0) is 15.9 Å². The third kappa shape index (κ3) is 6.66. The molecule has 0 amide bonds. The van der Waals surface area contributed by atoms with Crippen LogP contribution in [0.15, 0.2) is 60.7 Å². The number of benzene rings is 2. The number of nitrogens with zero attached hydrogens (tertiary/aromatic N) is 1. The van der Waals surface area contributed by atoms with Crippen molar-refractivity contribution in [3.05, 3.63) is 88.7 Å². The topological polar surface area (TPSA) is 87.0 Å². The van der Waals surface area contributed by atoms with Gasteiger partial charge in [-0.2, -0.15) is 8.78 Å². The Kier molecular flexibility index (Phi) is 7.91. The maximum Gasteiger partial charge on any atom is 0.419 e. The molecule has 1 aromatic heterocycles. The summed E-state index contributed by atoms with van der Waals surface area (Å²) in [6.45, 7) is 2.24. The van der Waals surface area contributed by atoms with Crippen molar-refractivity contribution in [3.8, 4) is 5.75 Å². The molecular formula is C26H27F2NO6. The van der Waals surface area contributed by atoms with Crippen molar-refractivity contribution in [3.63, 3.8) is 0 Å². The lowest BCUT2D eigenvalue weighted by Crippen LogP contribution is -2.29. The highest BCUT2D eigenvalue weighted by Crippen LogP contribution is 2.28. The Bertz CT molecular complexity index is 1160. The van der Waals surface area contributed by atoms with E-state index in [1.165, 1.54) is 35.9 Å². The summed E-state index contributed by atoms with van der Waals surface area (Å²) in [7, 11) is 1.30. The number of carbonyl (C=O) groups is 2. The Balaban J connectivity index is 1.94. The number of alkyl halides is 2. The van der Waals surface area contributed by atoms with Crippen LogP contribution in [0.2, 0.25) is 0 Å². The van der Waals surface area contributed by atoms with Crippen LogP contribution in [0.3, 0.4) is 0 Å². The van der Waals surface area contributed by atoms with E-state index in [0.29, 0.717) is 23.2 Å². The fourth-order valence-electron chi connectivity index (χ4n) is 3.47. The first-order chi connectivity index (χ1) is 16.5. The summed E-state index contributed by atoms with van der Waals surface area (Å²) in [5.74, 6) is -0.501. The average molecular weight is 487 g/mol. The molecule has 3 rings (SSSR count). The summed E-state index contributed by atoms with van der Waals surface area (Å²) in [6, 6.07) is 15.6. The number of rotatable bonds is 7. The molecule has 1 heterocycles. The first-order valence-electron chi connectivity index (χ1n) is 10.8. The zero-order valence-electron chi connectivity index (χ0n) is 19.8. The van der Waals surface area contributed by atoms with E-state index in [2.05, 4.69) is 4.74 Å². The van der Waals surface area contributed by atoms with Gasteiger partial charge in [-0.3, -0.25) is 4.57 Å². The Morgan fingerprint density at radius 3 is 2.14 bits per heavy atom. The van der Waals surface area contributed by atoms with E-state index in [1.54, 1.807) is 57.2 Å². The van der Waals surface area contributed by atoms with Crippen molar-refractivity contribution in [1.82, 2.24) is 4.57 Å². The van der Waals surface area contributed by atoms with Gasteiger partial charge < -0.3 is 19.3 Å². The average Bonchev–Trinajstić information content (AvgIpc) is 3.21. The minimum Gasteiger partial charge on any atom is -0.465 e. The molecule has 0 aliphatic rings. The van der Waals surface area contributed by atoms with E-state index in [1.807, 2.05) is 0 Å². The van der Waals surface area contributed by atoms with Crippen molar-refractivity contribution < 1.29 is 37.7 Å². The molecule has 1 unspecified atom stereocenters. The number of hydrogen-bond donors (Lipinski definition) is 1. The predicted octanol–water partition coefficient (Wildman–Crippen LogP) is 5.33. The number of carbonyl (C=O) groups excluding carboxylic acids is 2. The highest BCUT2D eigenvalue weighted by molar-refractivity contribution is 5.89. The van der Waals surface area contributed by atoms with Crippen LogP contribution in [-0.4, -0.2) is 41.1 Å². The molecule has 0 saturated heterocycles. The minimum atomic E-state index is -2.96. The highest BCUT2D eigenvalue weighted by atomic mass is 19.3. The molecule has 2 aromatic carbocycles. The van der Waals surface area contributed by atoms with Crippen molar-refractivity contribution in [2.75, 3.05) is 7.11 Å². The summed E-state index contributed by atoms with van der Waals surface area (Å²) in [4.78, 5) is 24.8. The molecule has 35 heavy (non-hydrogen) atoms. The summed E-state index contributed by atoms with van der Waals surface area (Å²) >= 11 is 0. The number of aliphatic hydroxyl groups excluding tert-OH is 1. The smallest absolute Gasteiger partial charge is 0.419 e. The fourth-order valence-corrected chi connectivity index (χ4v) is 3.47. The lowest BCUT2D eigenvalue weighted by atomic mass is 10.1. The molecule has 186 valence electrons. The number of hydrogen-bond acceptors (Lipinski definition) is 6. The number of esters is 1. The fraction of sp³-hybridized carbons (Fsp3) is 0.308. The van der Waals surface area contributed by atoms with Gasteiger partial charge >= 0.3 is 18.7 Å². The summed E-state index contributed by atoms with van der Waals surface area (Å²) in [5.41, 5.74) is 1.62. The molecule has 7 nitrogen and oxygen atoms in total. The first kappa shape index (κ1) is 25.9. The predicted molar refractivity (Wildman–Crippen MR) is 124 cm³/mol. The van der Waals surface area contributed by atoms with E-state index in [4.69, 9.17) is 9.47 Å². The van der Waals surface area contributed by atoms with Gasteiger partial charge in [-0.25, -0.2) is 9.59 Å². The largest absolute Gasteiger partial charge is 0.465 e. The summed E-state index contributed by atoms with van der Waals surface area (Å²) < 4.78 is 40.8. The minimum absolute atomic E-state index is 0.0467. The second-order valence-corrected chi connectivity index (χ2v) is 8.78. The molecule has 9 heteroatoms. The molecule has 0 aliphatic heterocycles. The van der Waals surface area contributed by atoms with E-state index < -0.39 is 30.4 Å². The Hall–Kier alpha value is -3.72. The van der Waals surface area contributed by atoms with E-state index in [0.717, 1.165) is 5.56 Å². The molecular weight excluding hydrogens is 460 g/mol. The van der Waals surface area contributed by atoms with Crippen molar-refractivity contribution in [2.24, 2.45) is 0 Å². The number of ether oxygens (including phenoxy) is 3. The zero-order valence-corrected chi connectivity index (χ0v) is 19.8. The first-order valence-corrected chi connectivity index (χ1v) is 10.8. The molecule has 0 fully saturated rings. The Morgan fingerprint density at radius 2 is 1.60 bits per heavy atom. The van der Waals surface area contributed by atoms with Crippen LogP contribution in [0.4, 0.5) is 13.6 Å². The second-order valence-electron chi connectivity index (χ2n) is 8.78. The summed E-state index contributed by atoms with van der Waals surface area (Å²) in [6.07, 6.45) is -1.59. The SMILES string of the molecule is COC(=O)c1ccc(Cc2ccc(C(O)c3ccc(OC(F)F)cc3)n2C(=O)OC(C)(C)C)cc1. The number of aromatic nitrogens is 1. The second kappa shape index (κ2) is 10.7. The van der Waals surface area contributed by atoms with Gasteiger partial charge in [0.1, 0.15) is 17.5 Å². The van der Waals surface area contributed by atoms with Gasteiger partial charge in [0.15, 0.2) is 0 Å². The Labute approximate surface area is 201 Å². The third-order valence-electron chi connectivity index (χ3n) is 5.03. The van der Waals surface area contributed by atoms with E-state index in [9.17, 15) is 23.5 Å². The van der Waals surface area contributed by atoms with Crippen LogP contribution in [0.25, 0.3) is 0 Å². The molecule has 0 bridgehead atoms. The monoisotopic (exact) mass is 487 g/mol. The van der Waals surface area contributed by atoms with Gasteiger partial charge in [0.05, 0.1) is 18.4 Å². The molecule has 1 N–H and O–H groups in total. The zero-order chi connectivity index (χ0) is 25.8. The van der Waals surface area contributed by atoms with Gasteiger partial charge in [0.2, 0.25) is 0 Å². The quantitative estimate of drug-likeness (QED) is 0.453. The lowest BCUT2D eigenvalue weighted by Gasteiger charge is -2.23. The van der Waals surface area contributed by atoms with Crippen molar-refractivity contribution in [2.45, 2.75) is 45.5 Å². The number of methoxy groups -OCH3 is 1.